The largest absolute Gasteiger partial charge is 0.417 e. The van der Waals surface area contributed by atoms with Crippen LogP contribution in [0.5, 0.6) is 0 Å². The normalized spacial score (nSPS) is 13.4. The van der Waals surface area contributed by atoms with E-state index in [4.69, 9.17) is 17.3 Å². The Bertz CT molecular complexity index is 903. The Labute approximate surface area is 152 Å². The fraction of sp³-hybridized carbons (Fsp3) is 0.250. The zero-order valence-corrected chi connectivity index (χ0v) is 14.8. The molecule has 0 bridgehead atoms. The maximum absolute atomic E-state index is 12.9. The molecule has 0 aliphatic carbocycles. The van der Waals surface area contributed by atoms with E-state index in [-0.39, 0.29) is 23.4 Å². The number of amides is 1. The van der Waals surface area contributed by atoms with Crippen molar-refractivity contribution >= 4 is 27.3 Å². The van der Waals surface area contributed by atoms with E-state index in [9.17, 15) is 26.4 Å². The summed E-state index contributed by atoms with van der Waals surface area (Å²) >= 11 is 5.90. The van der Waals surface area contributed by atoms with Crippen LogP contribution in [0.15, 0.2) is 47.5 Å². The second-order valence-corrected chi connectivity index (χ2v) is 7.98. The van der Waals surface area contributed by atoms with Crippen LogP contribution in [0.2, 0.25) is 5.02 Å². The first-order valence-electron chi connectivity index (χ1n) is 7.33. The average Bonchev–Trinajstić information content (AvgIpc) is 2.55. The highest BCUT2D eigenvalue weighted by atomic mass is 35.5. The number of nitrogens with zero attached hydrogens (tertiary/aromatic N) is 1. The van der Waals surface area contributed by atoms with Crippen molar-refractivity contribution in [3.8, 4) is 0 Å². The van der Waals surface area contributed by atoms with E-state index in [2.05, 4.69) is 4.98 Å². The number of alkyl halides is 3. The highest BCUT2D eigenvalue weighted by Crippen LogP contribution is 2.38. The van der Waals surface area contributed by atoms with E-state index in [0.717, 1.165) is 0 Å². The number of aromatic nitrogens is 1. The molecule has 0 spiro atoms. The van der Waals surface area contributed by atoms with Gasteiger partial charge in [0.15, 0.2) is 9.84 Å². The van der Waals surface area contributed by atoms with Crippen LogP contribution in [0, 0.1) is 0 Å². The number of pyridine rings is 1. The third kappa shape index (κ3) is 4.53. The van der Waals surface area contributed by atoms with Crippen molar-refractivity contribution in [3.05, 3.63) is 58.9 Å². The molecule has 26 heavy (non-hydrogen) atoms. The number of benzene rings is 1. The van der Waals surface area contributed by atoms with Gasteiger partial charge in [-0.3, -0.25) is 9.78 Å². The standard InChI is InChI=1S/C16H14ClF3N2O3S/c17-12-8-10(16(18,19)20)9-22-15(12)13(6-7-14(21)23)26(24,25)11-4-2-1-3-5-11/h1-5,8-9,13H,6-7H2,(H2,21,23)/t13-/m1/s1. The van der Waals surface area contributed by atoms with Gasteiger partial charge in [-0.25, -0.2) is 8.42 Å². The predicted octanol–water partition coefficient (Wildman–Crippen LogP) is 3.53. The van der Waals surface area contributed by atoms with Crippen LogP contribution in [0.25, 0.3) is 0 Å². The van der Waals surface area contributed by atoms with Crippen LogP contribution >= 0.6 is 11.6 Å². The zero-order chi connectivity index (χ0) is 19.5. The summed E-state index contributed by atoms with van der Waals surface area (Å²) in [5.74, 6) is -0.749. The third-order valence-corrected chi connectivity index (χ3v) is 6.04. The van der Waals surface area contributed by atoms with Gasteiger partial charge >= 0.3 is 6.18 Å². The molecular formula is C16H14ClF3N2O3S. The molecule has 10 heteroatoms. The first-order chi connectivity index (χ1) is 12.0. The topological polar surface area (TPSA) is 90.1 Å². The van der Waals surface area contributed by atoms with Gasteiger partial charge in [0.25, 0.3) is 0 Å². The summed E-state index contributed by atoms with van der Waals surface area (Å²) in [6.45, 7) is 0. The van der Waals surface area contributed by atoms with Gasteiger partial charge in [0.2, 0.25) is 5.91 Å². The molecule has 0 unspecified atom stereocenters. The molecule has 2 N–H and O–H groups in total. The van der Waals surface area contributed by atoms with Crippen LogP contribution in [0.3, 0.4) is 0 Å². The lowest BCUT2D eigenvalue weighted by atomic mass is 10.1. The summed E-state index contributed by atoms with van der Waals surface area (Å²) < 4.78 is 64.1. The molecule has 1 aromatic heterocycles. The Morgan fingerprint density at radius 3 is 2.35 bits per heavy atom. The maximum atomic E-state index is 12.9. The summed E-state index contributed by atoms with van der Waals surface area (Å²) in [5.41, 5.74) is 3.72. The van der Waals surface area contributed by atoms with Crippen molar-refractivity contribution in [2.75, 3.05) is 0 Å². The third-order valence-electron chi connectivity index (χ3n) is 3.60. The number of nitrogens with two attached hydrogens (primary N) is 1. The van der Waals surface area contributed by atoms with E-state index in [1.807, 2.05) is 0 Å². The van der Waals surface area contributed by atoms with Gasteiger partial charge in [-0.15, -0.1) is 0 Å². The van der Waals surface area contributed by atoms with Crippen LogP contribution in [-0.2, 0) is 20.8 Å². The van der Waals surface area contributed by atoms with Crippen molar-refractivity contribution < 1.29 is 26.4 Å². The average molecular weight is 407 g/mol. The molecule has 0 saturated carbocycles. The SMILES string of the molecule is NC(=O)CC[C@H](c1ncc(C(F)(F)F)cc1Cl)S(=O)(=O)c1ccccc1. The number of primary amides is 1. The highest BCUT2D eigenvalue weighted by Gasteiger charge is 2.35. The van der Waals surface area contributed by atoms with Gasteiger partial charge < -0.3 is 5.73 Å². The van der Waals surface area contributed by atoms with Crippen LogP contribution < -0.4 is 5.73 Å². The number of carbonyl (C=O) groups excluding carboxylic acids is 1. The predicted molar refractivity (Wildman–Crippen MR) is 89.0 cm³/mol. The van der Waals surface area contributed by atoms with Crippen molar-refractivity contribution in [3.63, 3.8) is 0 Å². The highest BCUT2D eigenvalue weighted by molar-refractivity contribution is 7.91. The minimum atomic E-state index is -4.67. The van der Waals surface area contributed by atoms with E-state index in [0.29, 0.717) is 12.3 Å². The molecule has 1 amide bonds. The van der Waals surface area contributed by atoms with Gasteiger partial charge in [-0.2, -0.15) is 13.2 Å². The lowest BCUT2D eigenvalue weighted by Gasteiger charge is -2.19. The number of rotatable bonds is 6. The zero-order valence-electron chi connectivity index (χ0n) is 13.2. The van der Waals surface area contributed by atoms with E-state index < -0.39 is 37.8 Å². The Balaban J connectivity index is 2.54. The van der Waals surface area contributed by atoms with Crippen molar-refractivity contribution in [2.24, 2.45) is 5.73 Å². The summed E-state index contributed by atoms with van der Waals surface area (Å²) in [5, 5.41) is -1.86. The molecule has 2 aromatic rings. The monoisotopic (exact) mass is 406 g/mol. The second-order valence-electron chi connectivity index (χ2n) is 5.44. The number of halogens is 4. The smallest absolute Gasteiger partial charge is 0.370 e. The fourth-order valence-electron chi connectivity index (χ4n) is 2.33. The molecule has 1 atom stereocenters. The van der Waals surface area contributed by atoms with Crippen molar-refractivity contribution in [1.82, 2.24) is 4.98 Å². The van der Waals surface area contributed by atoms with Crippen molar-refractivity contribution in [1.29, 1.82) is 0 Å². The number of hydrogen-bond donors (Lipinski definition) is 1. The molecule has 0 aliphatic rings. The second kappa shape index (κ2) is 7.63. The minimum Gasteiger partial charge on any atom is -0.370 e. The van der Waals surface area contributed by atoms with E-state index >= 15 is 0 Å². The first kappa shape index (κ1) is 20.2. The summed E-state index contributed by atoms with van der Waals surface area (Å²) in [6.07, 6.45) is -4.71. The van der Waals surface area contributed by atoms with Gasteiger partial charge in [0.1, 0.15) is 5.25 Å². The molecule has 140 valence electrons. The van der Waals surface area contributed by atoms with Crippen LogP contribution in [-0.4, -0.2) is 19.3 Å². The Morgan fingerprint density at radius 2 is 1.85 bits per heavy atom. The Morgan fingerprint density at radius 1 is 1.23 bits per heavy atom. The Kier molecular flexibility index (Phi) is 5.92. The van der Waals surface area contributed by atoms with E-state index in [1.165, 1.54) is 24.3 Å². The quantitative estimate of drug-likeness (QED) is 0.794. The molecule has 0 aliphatic heterocycles. The number of sulfone groups is 1. The minimum absolute atomic E-state index is 0.0627. The molecule has 1 aromatic carbocycles. The van der Waals surface area contributed by atoms with Gasteiger partial charge in [0.05, 0.1) is 21.2 Å². The maximum Gasteiger partial charge on any atom is 0.417 e. The fourth-order valence-corrected chi connectivity index (χ4v) is 4.46. The van der Waals surface area contributed by atoms with Gasteiger partial charge in [-0.1, -0.05) is 29.8 Å². The molecule has 1 heterocycles. The van der Waals surface area contributed by atoms with E-state index in [1.54, 1.807) is 6.07 Å². The lowest BCUT2D eigenvalue weighted by molar-refractivity contribution is -0.137. The number of hydrogen-bond acceptors (Lipinski definition) is 4. The van der Waals surface area contributed by atoms with Crippen molar-refractivity contribution in [2.45, 2.75) is 29.2 Å². The van der Waals surface area contributed by atoms with Crippen LogP contribution in [0.1, 0.15) is 29.3 Å². The summed E-state index contributed by atoms with van der Waals surface area (Å²) in [4.78, 5) is 14.7. The summed E-state index contributed by atoms with van der Waals surface area (Å²) in [6, 6.07) is 7.90. The molecule has 0 saturated heterocycles. The Hall–Kier alpha value is -2.13. The number of carbonyl (C=O) groups is 1. The lowest BCUT2D eigenvalue weighted by Crippen LogP contribution is -2.20. The molecular weight excluding hydrogens is 393 g/mol. The first-order valence-corrected chi connectivity index (χ1v) is 9.26. The molecule has 2 rings (SSSR count). The van der Waals surface area contributed by atoms with Crippen LogP contribution in [0.4, 0.5) is 13.2 Å². The molecule has 0 radical (unpaired) electrons. The summed E-state index contributed by atoms with van der Waals surface area (Å²) in [7, 11) is -4.06. The molecule has 0 fully saturated rings. The van der Waals surface area contributed by atoms with Gasteiger partial charge in [-0.05, 0) is 24.6 Å². The van der Waals surface area contributed by atoms with Gasteiger partial charge in [0, 0.05) is 12.6 Å². The molecule has 5 nitrogen and oxygen atoms in total.